The van der Waals surface area contributed by atoms with E-state index in [4.69, 9.17) is 10.1 Å². The molecule has 5 nitrogen and oxygen atoms in total. The number of rotatable bonds is 4. The molecule has 0 saturated carbocycles. The average molecular weight is 326 g/mol. The van der Waals surface area contributed by atoms with Crippen LogP contribution in [0.4, 0.5) is 0 Å². The van der Waals surface area contributed by atoms with Gasteiger partial charge in [-0.3, -0.25) is 5.41 Å². The van der Waals surface area contributed by atoms with Crippen LogP contribution in [0.2, 0.25) is 0 Å². The summed E-state index contributed by atoms with van der Waals surface area (Å²) in [5.74, 6) is 1.23. The number of methoxy groups -OCH3 is 1. The summed E-state index contributed by atoms with van der Waals surface area (Å²) < 4.78 is 28.6. The summed E-state index contributed by atoms with van der Waals surface area (Å²) in [4.78, 5) is 1.95. The Kier molecular flexibility index (Phi) is 3.88. The van der Waals surface area contributed by atoms with E-state index in [1.807, 2.05) is 29.2 Å². The molecule has 2 atom stereocenters. The van der Waals surface area contributed by atoms with Crippen molar-refractivity contribution in [2.24, 2.45) is 0 Å². The maximum atomic E-state index is 11.7. The molecule has 2 heterocycles. The minimum atomic E-state index is -2.93. The zero-order valence-corrected chi connectivity index (χ0v) is 13.4. The molecule has 0 spiro atoms. The van der Waals surface area contributed by atoms with E-state index in [9.17, 15) is 8.42 Å². The zero-order valence-electron chi connectivity index (χ0n) is 11.8. The highest BCUT2D eigenvalue weighted by Gasteiger charge is 2.47. The van der Waals surface area contributed by atoms with E-state index in [0.29, 0.717) is 11.7 Å². The van der Waals surface area contributed by atoms with Crippen LogP contribution in [-0.4, -0.2) is 54.9 Å². The van der Waals surface area contributed by atoms with E-state index < -0.39 is 9.84 Å². The number of sulfone groups is 1. The average Bonchev–Trinajstić information content (AvgIpc) is 2.88. The van der Waals surface area contributed by atoms with Crippen molar-refractivity contribution in [1.29, 1.82) is 5.41 Å². The molecule has 1 aromatic rings. The van der Waals surface area contributed by atoms with E-state index in [0.717, 1.165) is 17.7 Å². The largest absolute Gasteiger partial charge is 0.497 e. The van der Waals surface area contributed by atoms with Gasteiger partial charge in [-0.2, -0.15) is 0 Å². The molecule has 3 rings (SSSR count). The van der Waals surface area contributed by atoms with Crippen LogP contribution in [0.1, 0.15) is 5.56 Å². The zero-order chi connectivity index (χ0) is 15.0. The molecule has 1 N–H and O–H groups in total. The number of hydrogen-bond acceptors (Lipinski definition) is 5. The molecule has 0 unspecified atom stereocenters. The van der Waals surface area contributed by atoms with Gasteiger partial charge in [0.1, 0.15) is 5.75 Å². The van der Waals surface area contributed by atoms with Gasteiger partial charge in [-0.15, -0.1) is 0 Å². The van der Waals surface area contributed by atoms with Crippen LogP contribution in [0, 0.1) is 5.41 Å². The first-order valence-electron chi connectivity index (χ1n) is 6.84. The molecule has 0 amide bonds. The van der Waals surface area contributed by atoms with Gasteiger partial charge in [0, 0.05) is 11.8 Å². The SMILES string of the molecule is COc1ccc(CCN2C(=N)S[C@@H]3CS(=O)(=O)C[C@H]32)cc1. The van der Waals surface area contributed by atoms with Crippen LogP contribution in [0.25, 0.3) is 0 Å². The highest BCUT2D eigenvalue weighted by Crippen LogP contribution is 2.37. The summed E-state index contributed by atoms with van der Waals surface area (Å²) in [5.41, 5.74) is 1.16. The van der Waals surface area contributed by atoms with Crippen molar-refractivity contribution in [1.82, 2.24) is 4.90 Å². The van der Waals surface area contributed by atoms with Crippen molar-refractivity contribution in [2.45, 2.75) is 17.7 Å². The van der Waals surface area contributed by atoms with Gasteiger partial charge in [-0.25, -0.2) is 8.42 Å². The monoisotopic (exact) mass is 326 g/mol. The molecular weight excluding hydrogens is 308 g/mol. The minimum absolute atomic E-state index is 0.0225. The number of amidine groups is 1. The highest BCUT2D eigenvalue weighted by atomic mass is 32.2. The third kappa shape index (κ3) is 3.03. The molecule has 2 aliphatic rings. The Bertz CT molecular complexity index is 643. The molecule has 1 aromatic carbocycles. The number of hydrogen-bond donors (Lipinski definition) is 1. The van der Waals surface area contributed by atoms with Crippen LogP contribution in [-0.2, 0) is 16.3 Å². The Morgan fingerprint density at radius 1 is 1.33 bits per heavy atom. The molecule has 114 valence electrons. The molecule has 2 fully saturated rings. The predicted octanol–water partition coefficient (Wildman–Crippen LogP) is 1.39. The first-order valence-corrected chi connectivity index (χ1v) is 9.54. The van der Waals surface area contributed by atoms with Crippen molar-refractivity contribution >= 4 is 26.8 Å². The molecule has 2 aliphatic heterocycles. The smallest absolute Gasteiger partial charge is 0.157 e. The van der Waals surface area contributed by atoms with Gasteiger partial charge in [0.2, 0.25) is 0 Å². The fourth-order valence-electron chi connectivity index (χ4n) is 2.87. The Balaban J connectivity index is 1.65. The molecule has 0 aliphatic carbocycles. The quantitative estimate of drug-likeness (QED) is 0.905. The van der Waals surface area contributed by atoms with Crippen molar-refractivity contribution in [3.8, 4) is 5.75 Å². The Hall–Kier alpha value is -1.21. The Morgan fingerprint density at radius 3 is 2.71 bits per heavy atom. The second kappa shape index (κ2) is 5.53. The summed E-state index contributed by atoms with van der Waals surface area (Å²) in [6.07, 6.45) is 0.802. The number of nitrogens with one attached hydrogen (secondary N) is 1. The van der Waals surface area contributed by atoms with Crippen LogP contribution in [0.15, 0.2) is 24.3 Å². The summed E-state index contributed by atoms with van der Waals surface area (Å²) in [5, 5.41) is 8.59. The topological polar surface area (TPSA) is 70.5 Å². The van der Waals surface area contributed by atoms with Crippen molar-refractivity contribution < 1.29 is 13.2 Å². The van der Waals surface area contributed by atoms with Gasteiger partial charge in [0.15, 0.2) is 15.0 Å². The maximum Gasteiger partial charge on any atom is 0.157 e. The third-order valence-electron chi connectivity index (χ3n) is 4.00. The van der Waals surface area contributed by atoms with Crippen molar-refractivity contribution in [2.75, 3.05) is 25.2 Å². The van der Waals surface area contributed by atoms with E-state index in [-0.39, 0.29) is 22.8 Å². The summed E-state index contributed by atoms with van der Waals surface area (Å²) >= 11 is 1.40. The van der Waals surface area contributed by atoms with E-state index in [2.05, 4.69) is 0 Å². The van der Waals surface area contributed by atoms with Gasteiger partial charge in [-0.1, -0.05) is 23.9 Å². The van der Waals surface area contributed by atoms with Crippen LogP contribution < -0.4 is 4.74 Å². The Labute approximate surface area is 129 Å². The number of ether oxygens (including phenoxy) is 1. The van der Waals surface area contributed by atoms with Gasteiger partial charge < -0.3 is 9.64 Å². The summed E-state index contributed by atoms with van der Waals surface area (Å²) in [7, 11) is -1.29. The van der Waals surface area contributed by atoms with Crippen molar-refractivity contribution in [3.63, 3.8) is 0 Å². The number of benzene rings is 1. The first-order chi connectivity index (χ1) is 9.98. The van der Waals surface area contributed by atoms with E-state index in [1.54, 1.807) is 7.11 Å². The number of thioether (sulfide) groups is 1. The predicted molar refractivity (Wildman–Crippen MR) is 85.0 cm³/mol. The molecule has 21 heavy (non-hydrogen) atoms. The first kappa shape index (κ1) is 14.7. The summed E-state index contributed by atoms with van der Waals surface area (Å²) in [6.45, 7) is 0.689. The fourth-order valence-corrected chi connectivity index (χ4v) is 6.73. The van der Waals surface area contributed by atoms with Crippen LogP contribution >= 0.6 is 11.8 Å². The van der Waals surface area contributed by atoms with E-state index >= 15 is 0 Å². The molecule has 2 saturated heterocycles. The lowest BCUT2D eigenvalue weighted by atomic mass is 10.1. The van der Waals surface area contributed by atoms with Gasteiger partial charge in [-0.05, 0) is 24.1 Å². The summed E-state index contributed by atoms with van der Waals surface area (Å²) in [6, 6.07) is 7.83. The molecule has 7 heteroatoms. The maximum absolute atomic E-state index is 11.7. The lowest BCUT2D eigenvalue weighted by Crippen LogP contribution is -2.38. The van der Waals surface area contributed by atoms with Crippen LogP contribution in [0.5, 0.6) is 5.75 Å². The molecule has 0 radical (unpaired) electrons. The standard InChI is InChI=1S/C14H18N2O3S2/c1-19-11-4-2-10(3-5-11)6-7-16-12-8-21(17,18)9-13(12)20-14(16)15/h2-5,12-13,15H,6-9H2,1H3/t12-,13-/m1/s1. The van der Waals surface area contributed by atoms with Gasteiger partial charge in [0.25, 0.3) is 0 Å². The van der Waals surface area contributed by atoms with Crippen LogP contribution in [0.3, 0.4) is 0 Å². The fraction of sp³-hybridized carbons (Fsp3) is 0.500. The Morgan fingerprint density at radius 2 is 2.05 bits per heavy atom. The van der Waals surface area contributed by atoms with E-state index in [1.165, 1.54) is 11.8 Å². The highest BCUT2D eigenvalue weighted by molar-refractivity contribution is 8.15. The van der Waals surface area contributed by atoms with Crippen molar-refractivity contribution in [3.05, 3.63) is 29.8 Å². The lowest BCUT2D eigenvalue weighted by molar-refractivity contribution is 0.359. The number of fused-ring (bicyclic) bond motifs is 1. The molecule has 0 aromatic heterocycles. The second-order valence-corrected chi connectivity index (χ2v) is 8.78. The molecule has 0 bridgehead atoms. The molecular formula is C14H18N2O3S2. The minimum Gasteiger partial charge on any atom is -0.497 e. The lowest BCUT2D eigenvalue weighted by Gasteiger charge is -2.23. The van der Waals surface area contributed by atoms with Gasteiger partial charge >= 0.3 is 0 Å². The normalized spacial score (nSPS) is 26.9. The third-order valence-corrected chi connectivity index (χ3v) is 7.17. The second-order valence-electron chi connectivity index (χ2n) is 5.40. The number of nitrogens with zero attached hydrogens (tertiary/aromatic N) is 1. The van der Waals surface area contributed by atoms with Gasteiger partial charge in [0.05, 0.1) is 24.7 Å².